The predicted octanol–water partition coefficient (Wildman–Crippen LogP) is 4.02. The van der Waals surface area contributed by atoms with E-state index in [1.165, 1.54) is 24.4 Å². The molecule has 2 rings (SSSR count). The van der Waals surface area contributed by atoms with Gasteiger partial charge < -0.3 is 5.11 Å². The minimum absolute atomic E-state index is 0.0751. The second-order valence-corrected chi connectivity index (χ2v) is 8.30. The minimum Gasteiger partial charge on any atom is -0.396 e. The number of nitrogens with zero attached hydrogens (tertiary/aromatic N) is 1. The van der Waals surface area contributed by atoms with E-state index in [1.807, 2.05) is 6.92 Å². The van der Waals surface area contributed by atoms with E-state index in [9.17, 15) is 12.8 Å². The molecule has 5 nitrogen and oxygen atoms in total. The van der Waals surface area contributed by atoms with Gasteiger partial charge in [0.2, 0.25) is 10.0 Å². The molecule has 1 aromatic heterocycles. The summed E-state index contributed by atoms with van der Waals surface area (Å²) in [4.78, 5) is 3.80. The molecular weight excluding hydrogens is 402 g/mol. The van der Waals surface area contributed by atoms with Crippen LogP contribution in [0.1, 0.15) is 26.2 Å². The highest BCUT2D eigenvalue weighted by molar-refractivity contribution is 7.89. The van der Waals surface area contributed by atoms with Crippen LogP contribution in [-0.2, 0) is 10.0 Å². The van der Waals surface area contributed by atoms with Crippen LogP contribution in [0.25, 0.3) is 11.3 Å². The summed E-state index contributed by atoms with van der Waals surface area (Å²) in [5.41, 5.74) is 0.251. The normalized spacial score (nSPS) is 13.0. The Morgan fingerprint density at radius 3 is 2.58 bits per heavy atom. The van der Waals surface area contributed by atoms with Gasteiger partial charge in [-0.1, -0.05) is 36.5 Å². The van der Waals surface area contributed by atoms with Crippen molar-refractivity contribution < 1.29 is 17.9 Å². The Bertz CT molecular complexity index is 872. The summed E-state index contributed by atoms with van der Waals surface area (Å²) in [6.07, 6.45) is 2.95. The van der Waals surface area contributed by atoms with Crippen LogP contribution in [0.5, 0.6) is 0 Å². The molecule has 0 aliphatic rings. The van der Waals surface area contributed by atoms with Gasteiger partial charge in [0.05, 0.1) is 20.6 Å². The van der Waals surface area contributed by atoms with Crippen molar-refractivity contribution >= 4 is 33.2 Å². The number of hydrogen-bond donors (Lipinski definition) is 2. The Hall–Kier alpha value is -1.25. The average molecular weight is 421 g/mol. The van der Waals surface area contributed by atoms with E-state index in [0.717, 1.165) is 12.5 Å². The molecule has 0 saturated carbocycles. The van der Waals surface area contributed by atoms with E-state index < -0.39 is 21.9 Å². The van der Waals surface area contributed by atoms with Crippen LogP contribution in [0.4, 0.5) is 4.39 Å². The smallest absolute Gasteiger partial charge is 0.240 e. The maximum Gasteiger partial charge on any atom is 0.240 e. The van der Waals surface area contributed by atoms with Crippen LogP contribution in [0.3, 0.4) is 0 Å². The number of aliphatic hydroxyl groups is 1. The van der Waals surface area contributed by atoms with Crippen molar-refractivity contribution in [2.75, 3.05) is 6.61 Å². The first-order chi connectivity index (χ1) is 12.3. The number of hydrogen-bond acceptors (Lipinski definition) is 4. The van der Waals surface area contributed by atoms with Crippen LogP contribution in [0, 0.1) is 5.82 Å². The summed E-state index contributed by atoms with van der Waals surface area (Å²) >= 11 is 11.8. The lowest BCUT2D eigenvalue weighted by atomic mass is 10.1. The third-order valence-corrected chi connectivity index (χ3v) is 5.76. The Morgan fingerprint density at radius 1 is 1.27 bits per heavy atom. The average Bonchev–Trinajstić information content (AvgIpc) is 2.55. The zero-order chi connectivity index (χ0) is 19.3. The summed E-state index contributed by atoms with van der Waals surface area (Å²) in [6, 6.07) is 4.54. The molecule has 0 bridgehead atoms. The fraction of sp³-hybridized carbons (Fsp3) is 0.353. The van der Waals surface area contributed by atoms with Crippen LogP contribution in [-0.4, -0.2) is 31.2 Å². The number of pyridine rings is 1. The molecule has 0 aliphatic heterocycles. The third kappa shape index (κ3) is 5.14. The first kappa shape index (κ1) is 21.1. The molecule has 0 fully saturated rings. The summed E-state index contributed by atoms with van der Waals surface area (Å²) in [7, 11) is -3.92. The van der Waals surface area contributed by atoms with Gasteiger partial charge in [-0.25, -0.2) is 17.5 Å². The van der Waals surface area contributed by atoms with Crippen LogP contribution in [0.15, 0.2) is 35.4 Å². The molecule has 0 radical (unpaired) electrons. The van der Waals surface area contributed by atoms with Gasteiger partial charge in [0.15, 0.2) is 0 Å². The lowest BCUT2D eigenvalue weighted by molar-refractivity contribution is 0.268. The van der Waals surface area contributed by atoms with Crippen LogP contribution < -0.4 is 4.72 Å². The standard InChI is InChI=1S/C17H19Cl2FN2O3S/c1-2-3-12(6-7-23)22-26(24,25)13-4-5-14(16(20)9-13)17-15(19)8-11(18)10-21-17/h4-5,8-10,12,22-23H,2-3,6-7H2,1H3/t12-/m1/s1. The Balaban J connectivity index is 2.33. The number of sulfonamides is 1. The molecule has 0 saturated heterocycles. The quantitative estimate of drug-likeness (QED) is 0.675. The third-order valence-electron chi connectivity index (χ3n) is 3.75. The highest BCUT2D eigenvalue weighted by Crippen LogP contribution is 2.30. The molecule has 9 heteroatoms. The SMILES string of the molecule is CCC[C@H](CCO)NS(=O)(=O)c1ccc(-c2ncc(Cl)cc2Cl)c(F)c1. The van der Waals surface area contributed by atoms with E-state index in [4.69, 9.17) is 28.3 Å². The van der Waals surface area contributed by atoms with Crippen molar-refractivity contribution in [3.05, 3.63) is 46.3 Å². The van der Waals surface area contributed by atoms with Gasteiger partial charge in [-0.05, 0) is 37.1 Å². The molecule has 1 atom stereocenters. The number of aliphatic hydroxyl groups excluding tert-OH is 1. The van der Waals surface area contributed by atoms with Gasteiger partial charge >= 0.3 is 0 Å². The molecule has 1 aromatic carbocycles. The molecule has 142 valence electrons. The molecule has 2 N–H and O–H groups in total. The minimum atomic E-state index is -3.92. The van der Waals surface area contributed by atoms with Crippen LogP contribution >= 0.6 is 23.2 Å². The van der Waals surface area contributed by atoms with E-state index in [2.05, 4.69) is 9.71 Å². The molecule has 2 aromatic rings. The Morgan fingerprint density at radius 2 is 2.00 bits per heavy atom. The van der Waals surface area contributed by atoms with Gasteiger partial charge in [-0.2, -0.15) is 0 Å². The van der Waals surface area contributed by atoms with Crippen molar-refractivity contribution in [1.82, 2.24) is 9.71 Å². The molecule has 26 heavy (non-hydrogen) atoms. The molecule has 0 spiro atoms. The monoisotopic (exact) mass is 420 g/mol. The highest BCUT2D eigenvalue weighted by atomic mass is 35.5. The van der Waals surface area contributed by atoms with Gasteiger partial charge in [0.1, 0.15) is 5.82 Å². The second kappa shape index (κ2) is 9.10. The summed E-state index contributed by atoms with van der Waals surface area (Å²) < 4.78 is 42.0. The molecule has 0 amide bonds. The zero-order valence-electron chi connectivity index (χ0n) is 14.0. The fourth-order valence-electron chi connectivity index (χ4n) is 2.52. The first-order valence-electron chi connectivity index (χ1n) is 8.02. The molecule has 1 heterocycles. The maximum absolute atomic E-state index is 14.5. The van der Waals surface area contributed by atoms with Crippen molar-refractivity contribution in [1.29, 1.82) is 0 Å². The van der Waals surface area contributed by atoms with Crippen molar-refractivity contribution in [3.63, 3.8) is 0 Å². The van der Waals surface area contributed by atoms with E-state index >= 15 is 0 Å². The van der Waals surface area contributed by atoms with Gasteiger partial charge in [0, 0.05) is 24.4 Å². The van der Waals surface area contributed by atoms with E-state index in [1.54, 1.807) is 0 Å². The van der Waals surface area contributed by atoms with Gasteiger partial charge in [0.25, 0.3) is 0 Å². The lowest BCUT2D eigenvalue weighted by Gasteiger charge is -2.17. The Kier molecular flexibility index (Phi) is 7.37. The summed E-state index contributed by atoms with van der Waals surface area (Å²) in [6.45, 7) is 1.78. The summed E-state index contributed by atoms with van der Waals surface area (Å²) in [5, 5.41) is 9.54. The second-order valence-electron chi connectivity index (χ2n) is 5.74. The lowest BCUT2D eigenvalue weighted by Crippen LogP contribution is -2.35. The molecule has 0 unspecified atom stereocenters. The fourth-order valence-corrected chi connectivity index (χ4v) is 4.32. The van der Waals surface area contributed by atoms with E-state index in [0.29, 0.717) is 11.4 Å². The Labute approximate surface area is 162 Å². The first-order valence-corrected chi connectivity index (χ1v) is 10.3. The molecule has 0 aliphatic carbocycles. The largest absolute Gasteiger partial charge is 0.396 e. The topological polar surface area (TPSA) is 79.3 Å². The molecular formula is C17H19Cl2FN2O3S. The van der Waals surface area contributed by atoms with Gasteiger partial charge in [-0.3, -0.25) is 4.98 Å². The number of aromatic nitrogens is 1. The number of nitrogens with one attached hydrogen (secondary N) is 1. The highest BCUT2D eigenvalue weighted by Gasteiger charge is 2.21. The van der Waals surface area contributed by atoms with Crippen molar-refractivity contribution in [3.8, 4) is 11.3 Å². The maximum atomic E-state index is 14.5. The van der Waals surface area contributed by atoms with Crippen molar-refractivity contribution in [2.45, 2.75) is 37.1 Å². The van der Waals surface area contributed by atoms with Crippen LogP contribution in [0.2, 0.25) is 10.0 Å². The van der Waals surface area contributed by atoms with E-state index in [-0.39, 0.29) is 34.2 Å². The number of halogens is 3. The number of benzene rings is 1. The van der Waals surface area contributed by atoms with Gasteiger partial charge in [-0.15, -0.1) is 0 Å². The number of rotatable bonds is 8. The van der Waals surface area contributed by atoms with Crippen molar-refractivity contribution in [2.24, 2.45) is 0 Å². The predicted molar refractivity (Wildman–Crippen MR) is 100 cm³/mol. The summed E-state index contributed by atoms with van der Waals surface area (Å²) in [5.74, 6) is -0.765. The zero-order valence-corrected chi connectivity index (χ0v) is 16.4.